The predicted molar refractivity (Wildman–Crippen MR) is 101 cm³/mol. The molecule has 0 fully saturated rings. The van der Waals surface area contributed by atoms with Crippen LogP contribution in [0.1, 0.15) is 0 Å². The zero-order valence-electron chi connectivity index (χ0n) is 14.3. The quantitative estimate of drug-likeness (QED) is 0.452. The van der Waals surface area contributed by atoms with Gasteiger partial charge in [0.15, 0.2) is 5.65 Å². The van der Waals surface area contributed by atoms with E-state index in [9.17, 15) is 0 Å². The molecule has 0 aliphatic rings. The molecule has 27 heavy (non-hydrogen) atoms. The van der Waals surface area contributed by atoms with E-state index in [0.29, 0.717) is 17.2 Å². The summed E-state index contributed by atoms with van der Waals surface area (Å²) < 4.78 is 5.52. The second kappa shape index (κ2) is 6.06. The highest BCUT2D eigenvalue weighted by Crippen LogP contribution is 2.35. The summed E-state index contributed by atoms with van der Waals surface area (Å²) in [5.41, 5.74) is 3.98. The Morgan fingerprint density at radius 2 is 1.96 bits per heavy atom. The molecule has 0 saturated carbocycles. The summed E-state index contributed by atoms with van der Waals surface area (Å²) in [6, 6.07) is 7.63. The zero-order valence-corrected chi connectivity index (χ0v) is 14.3. The van der Waals surface area contributed by atoms with Crippen LogP contribution in [0.3, 0.4) is 0 Å². The number of aromatic amines is 2. The van der Waals surface area contributed by atoms with Gasteiger partial charge in [-0.15, -0.1) is 0 Å². The summed E-state index contributed by atoms with van der Waals surface area (Å²) in [6.45, 7) is 0. The van der Waals surface area contributed by atoms with Gasteiger partial charge in [0.25, 0.3) is 0 Å². The SMILES string of the molecule is COc1cc2[nH]ncc2cc1Nc1ncnc2[nH]nc(-c3ccncc3)c12. The zero-order chi connectivity index (χ0) is 18.2. The third kappa shape index (κ3) is 2.53. The van der Waals surface area contributed by atoms with Crippen molar-refractivity contribution in [1.82, 2.24) is 35.3 Å². The topological polar surface area (TPSA) is 117 Å². The number of methoxy groups -OCH3 is 1. The number of nitrogens with one attached hydrogen (secondary N) is 3. The molecule has 132 valence electrons. The highest BCUT2D eigenvalue weighted by atomic mass is 16.5. The molecule has 0 unspecified atom stereocenters. The number of H-pyrrole nitrogens is 2. The third-order valence-electron chi connectivity index (χ3n) is 4.32. The summed E-state index contributed by atoms with van der Waals surface area (Å²) in [6.07, 6.45) is 6.70. The number of hydrogen-bond donors (Lipinski definition) is 3. The molecule has 0 aliphatic carbocycles. The van der Waals surface area contributed by atoms with E-state index >= 15 is 0 Å². The summed E-state index contributed by atoms with van der Waals surface area (Å²) in [5.74, 6) is 1.30. The Morgan fingerprint density at radius 3 is 2.81 bits per heavy atom. The van der Waals surface area contributed by atoms with E-state index in [1.165, 1.54) is 6.33 Å². The number of anilines is 2. The highest BCUT2D eigenvalue weighted by molar-refractivity contribution is 6.00. The average molecular weight is 358 g/mol. The minimum atomic E-state index is 0.627. The molecule has 4 heterocycles. The van der Waals surface area contributed by atoms with Crippen molar-refractivity contribution in [2.24, 2.45) is 0 Å². The average Bonchev–Trinajstić information content (AvgIpc) is 3.35. The molecule has 0 spiro atoms. The van der Waals surface area contributed by atoms with Gasteiger partial charge in [0.05, 0.1) is 29.9 Å². The van der Waals surface area contributed by atoms with E-state index in [0.717, 1.165) is 33.2 Å². The molecule has 5 rings (SSSR count). The van der Waals surface area contributed by atoms with Gasteiger partial charge in [0.1, 0.15) is 23.6 Å². The summed E-state index contributed by atoms with van der Waals surface area (Å²) in [7, 11) is 1.62. The second-order valence-electron chi connectivity index (χ2n) is 5.89. The number of aromatic nitrogens is 7. The van der Waals surface area contributed by atoms with Gasteiger partial charge >= 0.3 is 0 Å². The minimum absolute atomic E-state index is 0.627. The fourth-order valence-corrected chi connectivity index (χ4v) is 3.04. The van der Waals surface area contributed by atoms with Gasteiger partial charge in [-0.1, -0.05) is 0 Å². The lowest BCUT2D eigenvalue weighted by atomic mass is 10.1. The molecular formula is C18H14N8O. The lowest BCUT2D eigenvalue weighted by Gasteiger charge is -2.12. The first-order chi connectivity index (χ1) is 13.3. The van der Waals surface area contributed by atoms with Gasteiger partial charge < -0.3 is 10.1 Å². The fraction of sp³-hybridized carbons (Fsp3) is 0.0556. The fourth-order valence-electron chi connectivity index (χ4n) is 3.04. The maximum absolute atomic E-state index is 5.52. The van der Waals surface area contributed by atoms with Crippen LogP contribution in [-0.2, 0) is 0 Å². The molecule has 0 bridgehead atoms. The number of ether oxygens (including phenoxy) is 1. The number of nitrogens with zero attached hydrogens (tertiary/aromatic N) is 5. The van der Waals surface area contributed by atoms with Crippen molar-refractivity contribution >= 4 is 33.4 Å². The van der Waals surface area contributed by atoms with Gasteiger partial charge in [0.2, 0.25) is 0 Å². The Hall–Kier alpha value is -4.01. The van der Waals surface area contributed by atoms with Crippen LogP contribution in [0.5, 0.6) is 5.75 Å². The number of benzene rings is 1. The molecule has 0 saturated heterocycles. The minimum Gasteiger partial charge on any atom is -0.494 e. The molecule has 1 aromatic carbocycles. The molecule has 0 radical (unpaired) electrons. The summed E-state index contributed by atoms with van der Waals surface area (Å²) in [4.78, 5) is 12.8. The van der Waals surface area contributed by atoms with Crippen molar-refractivity contribution in [2.75, 3.05) is 12.4 Å². The molecular weight excluding hydrogens is 344 g/mol. The van der Waals surface area contributed by atoms with E-state index in [4.69, 9.17) is 4.74 Å². The van der Waals surface area contributed by atoms with E-state index in [2.05, 4.69) is 40.7 Å². The Kier molecular flexibility index (Phi) is 3.42. The standard InChI is InChI=1S/C18H14N8O/c1-27-14-7-12-11(8-22-24-12)6-13(14)23-17-15-16(10-2-4-19-5-3-10)25-26-18(15)21-9-20-17/h2-9H,1H3,(H,22,24)(H2,20,21,23,25,26). The normalized spacial score (nSPS) is 11.1. The van der Waals surface area contributed by atoms with Crippen LogP contribution in [0.25, 0.3) is 33.2 Å². The Balaban J connectivity index is 1.67. The lowest BCUT2D eigenvalue weighted by molar-refractivity contribution is 0.417. The van der Waals surface area contributed by atoms with Crippen LogP contribution in [0.2, 0.25) is 0 Å². The number of rotatable bonds is 4. The Labute approximate surface area is 152 Å². The maximum atomic E-state index is 5.52. The summed E-state index contributed by atoms with van der Waals surface area (Å²) in [5, 5.41) is 19.5. The largest absolute Gasteiger partial charge is 0.494 e. The Bertz CT molecular complexity index is 1240. The second-order valence-corrected chi connectivity index (χ2v) is 5.89. The van der Waals surface area contributed by atoms with Crippen molar-refractivity contribution in [3.8, 4) is 17.0 Å². The van der Waals surface area contributed by atoms with Crippen LogP contribution in [0.15, 0.2) is 49.2 Å². The number of fused-ring (bicyclic) bond motifs is 2. The van der Waals surface area contributed by atoms with E-state index in [1.54, 1.807) is 25.7 Å². The van der Waals surface area contributed by atoms with Gasteiger partial charge in [-0.2, -0.15) is 10.2 Å². The van der Waals surface area contributed by atoms with Crippen molar-refractivity contribution in [3.63, 3.8) is 0 Å². The predicted octanol–water partition coefficient (Wildman–Crippen LogP) is 3.04. The molecule has 3 N–H and O–H groups in total. The molecule has 9 nitrogen and oxygen atoms in total. The van der Waals surface area contributed by atoms with Crippen molar-refractivity contribution in [2.45, 2.75) is 0 Å². The van der Waals surface area contributed by atoms with Crippen LogP contribution in [-0.4, -0.2) is 42.5 Å². The third-order valence-corrected chi connectivity index (χ3v) is 4.32. The van der Waals surface area contributed by atoms with E-state index in [1.807, 2.05) is 24.3 Å². The number of hydrogen-bond acceptors (Lipinski definition) is 7. The molecule has 9 heteroatoms. The van der Waals surface area contributed by atoms with Crippen molar-refractivity contribution < 1.29 is 4.74 Å². The van der Waals surface area contributed by atoms with Crippen molar-refractivity contribution in [3.05, 3.63) is 49.2 Å². The molecule has 0 aliphatic heterocycles. The van der Waals surface area contributed by atoms with E-state index < -0.39 is 0 Å². The summed E-state index contributed by atoms with van der Waals surface area (Å²) >= 11 is 0. The highest BCUT2D eigenvalue weighted by Gasteiger charge is 2.16. The van der Waals surface area contributed by atoms with Crippen LogP contribution in [0, 0.1) is 0 Å². The van der Waals surface area contributed by atoms with Gasteiger partial charge in [0, 0.05) is 29.4 Å². The molecule has 0 atom stereocenters. The van der Waals surface area contributed by atoms with Gasteiger partial charge in [-0.3, -0.25) is 15.2 Å². The first-order valence-corrected chi connectivity index (χ1v) is 8.21. The van der Waals surface area contributed by atoms with Gasteiger partial charge in [-0.05, 0) is 18.2 Å². The Morgan fingerprint density at radius 1 is 1.07 bits per heavy atom. The molecule has 5 aromatic rings. The molecule has 0 amide bonds. The lowest BCUT2D eigenvalue weighted by Crippen LogP contribution is -1.98. The van der Waals surface area contributed by atoms with Crippen molar-refractivity contribution in [1.29, 1.82) is 0 Å². The maximum Gasteiger partial charge on any atom is 0.161 e. The first-order valence-electron chi connectivity index (χ1n) is 8.21. The monoisotopic (exact) mass is 358 g/mol. The first kappa shape index (κ1) is 15.3. The van der Waals surface area contributed by atoms with Crippen LogP contribution in [0.4, 0.5) is 11.5 Å². The van der Waals surface area contributed by atoms with Crippen LogP contribution >= 0.6 is 0 Å². The number of pyridine rings is 1. The molecule has 4 aromatic heterocycles. The van der Waals surface area contributed by atoms with Gasteiger partial charge in [-0.25, -0.2) is 9.97 Å². The van der Waals surface area contributed by atoms with Crippen LogP contribution < -0.4 is 10.1 Å². The smallest absolute Gasteiger partial charge is 0.161 e. The van der Waals surface area contributed by atoms with E-state index in [-0.39, 0.29) is 0 Å².